The Balaban J connectivity index is 1.62. The highest BCUT2D eigenvalue weighted by Gasteiger charge is 2.42. The van der Waals surface area contributed by atoms with Gasteiger partial charge in [-0.1, -0.05) is 30.3 Å². The van der Waals surface area contributed by atoms with E-state index < -0.39 is 6.23 Å². The summed E-state index contributed by atoms with van der Waals surface area (Å²) in [5.41, 5.74) is 3.64. The van der Waals surface area contributed by atoms with Crippen molar-refractivity contribution in [1.82, 2.24) is 9.99 Å². The van der Waals surface area contributed by atoms with Gasteiger partial charge < -0.3 is 9.47 Å². The lowest BCUT2D eigenvalue weighted by atomic mass is 9.96. The Bertz CT molecular complexity index is 1070. The predicted molar refractivity (Wildman–Crippen MR) is 107 cm³/mol. The lowest BCUT2D eigenvalue weighted by Gasteiger charge is -2.38. The van der Waals surface area contributed by atoms with Gasteiger partial charge >= 0.3 is 0 Å². The Labute approximate surface area is 168 Å². The second-order valence-corrected chi connectivity index (χ2v) is 7.02. The third-order valence-corrected chi connectivity index (χ3v) is 5.21. The number of hydrogen-bond acceptors (Lipinski definition) is 5. The molecule has 2 aliphatic heterocycles. The molecule has 0 bridgehead atoms. The number of hydrazone groups is 1. The van der Waals surface area contributed by atoms with Gasteiger partial charge in [0.05, 0.1) is 18.4 Å². The monoisotopic (exact) mass is 389 g/mol. The molecule has 0 N–H and O–H groups in total. The number of benzene rings is 2. The predicted octanol–water partition coefficient (Wildman–Crippen LogP) is 4.86. The fraction of sp³-hybridized carbons (Fsp3) is 0.217. The van der Waals surface area contributed by atoms with Gasteiger partial charge in [0, 0.05) is 35.5 Å². The van der Waals surface area contributed by atoms with Gasteiger partial charge in [-0.15, -0.1) is 0 Å². The molecule has 0 saturated heterocycles. The summed E-state index contributed by atoms with van der Waals surface area (Å²) in [6.07, 6.45) is 3.73. The highest BCUT2D eigenvalue weighted by atomic mass is 19.1. The summed E-state index contributed by atoms with van der Waals surface area (Å²) >= 11 is 0. The smallest absolute Gasteiger partial charge is 0.214 e. The maximum atomic E-state index is 14.0. The van der Waals surface area contributed by atoms with Crippen molar-refractivity contribution < 1.29 is 13.9 Å². The average Bonchev–Trinajstić information content (AvgIpc) is 3.20. The molecular formula is C23H20FN3O2. The number of hydrogen-bond donors (Lipinski definition) is 0. The summed E-state index contributed by atoms with van der Waals surface area (Å²) < 4.78 is 26.1. The van der Waals surface area contributed by atoms with Crippen LogP contribution in [-0.4, -0.2) is 22.3 Å². The number of nitrogens with zero attached hydrogens (tertiary/aromatic N) is 3. The lowest BCUT2D eigenvalue weighted by Crippen LogP contribution is -2.34. The van der Waals surface area contributed by atoms with Crippen molar-refractivity contribution >= 4 is 5.71 Å². The Kier molecular flexibility index (Phi) is 4.39. The quantitative estimate of drug-likeness (QED) is 0.639. The van der Waals surface area contributed by atoms with Gasteiger partial charge in [0.15, 0.2) is 11.5 Å². The standard InChI is InChI=1S/C23H20FN3O2/c1-2-28-21-10-4-9-18-20-13-19(16-7-5-11-25-14-16)26-27(20)23(29-22(18)21)15-6-3-8-17(24)12-15/h3-12,14,20,23H,2,13H2,1H3. The fourth-order valence-corrected chi connectivity index (χ4v) is 3.94. The topological polar surface area (TPSA) is 47.0 Å². The number of pyridine rings is 1. The van der Waals surface area contributed by atoms with Gasteiger partial charge in [0.25, 0.3) is 0 Å². The zero-order valence-electron chi connectivity index (χ0n) is 16.0. The minimum absolute atomic E-state index is 0.0253. The van der Waals surface area contributed by atoms with Crippen LogP contribution in [-0.2, 0) is 0 Å². The van der Waals surface area contributed by atoms with Crippen LogP contribution in [0.2, 0.25) is 0 Å². The van der Waals surface area contributed by atoms with Gasteiger partial charge in [-0.3, -0.25) is 4.98 Å². The summed E-state index contributed by atoms with van der Waals surface area (Å²) in [7, 11) is 0. The van der Waals surface area contributed by atoms with E-state index in [-0.39, 0.29) is 11.9 Å². The molecule has 5 rings (SSSR count). The van der Waals surface area contributed by atoms with Gasteiger partial charge in [0.2, 0.25) is 6.23 Å². The number of halogens is 1. The molecule has 6 heteroatoms. The van der Waals surface area contributed by atoms with Gasteiger partial charge in [-0.05, 0) is 31.2 Å². The van der Waals surface area contributed by atoms with Crippen LogP contribution in [0.4, 0.5) is 4.39 Å². The van der Waals surface area contributed by atoms with Crippen molar-refractivity contribution in [2.75, 3.05) is 6.61 Å². The minimum atomic E-state index is -0.543. The van der Waals surface area contributed by atoms with E-state index in [0.717, 1.165) is 16.8 Å². The van der Waals surface area contributed by atoms with E-state index in [2.05, 4.69) is 4.98 Å². The first-order chi connectivity index (χ1) is 14.2. The van der Waals surface area contributed by atoms with Crippen LogP contribution in [0.3, 0.4) is 0 Å². The number of fused-ring (bicyclic) bond motifs is 3. The Morgan fingerprint density at radius 3 is 2.86 bits per heavy atom. The molecule has 0 spiro atoms. The molecule has 3 aromatic rings. The molecule has 0 aliphatic carbocycles. The summed E-state index contributed by atoms with van der Waals surface area (Å²) in [6, 6.07) is 16.3. The molecule has 2 unspecified atom stereocenters. The molecule has 29 heavy (non-hydrogen) atoms. The van der Waals surface area contributed by atoms with E-state index in [4.69, 9.17) is 14.6 Å². The normalized spacial score (nSPS) is 19.8. The Morgan fingerprint density at radius 1 is 1.17 bits per heavy atom. The zero-order chi connectivity index (χ0) is 19.8. The molecule has 3 heterocycles. The molecule has 0 amide bonds. The van der Waals surface area contributed by atoms with Gasteiger partial charge in [0.1, 0.15) is 5.82 Å². The third-order valence-electron chi connectivity index (χ3n) is 5.21. The first-order valence-corrected chi connectivity index (χ1v) is 9.68. The van der Waals surface area contributed by atoms with E-state index in [1.54, 1.807) is 12.3 Å². The van der Waals surface area contributed by atoms with Crippen LogP contribution in [0.15, 0.2) is 72.1 Å². The van der Waals surface area contributed by atoms with Crippen molar-refractivity contribution in [3.63, 3.8) is 0 Å². The van der Waals surface area contributed by atoms with Crippen molar-refractivity contribution in [3.05, 3.63) is 89.5 Å². The molecule has 146 valence electrons. The highest BCUT2D eigenvalue weighted by Crippen LogP contribution is 2.50. The summed E-state index contributed by atoms with van der Waals surface area (Å²) in [5, 5.41) is 6.79. The maximum Gasteiger partial charge on any atom is 0.214 e. The summed E-state index contributed by atoms with van der Waals surface area (Å²) in [4.78, 5) is 4.22. The van der Waals surface area contributed by atoms with Crippen LogP contribution in [0.25, 0.3) is 0 Å². The number of para-hydroxylation sites is 1. The van der Waals surface area contributed by atoms with Crippen LogP contribution in [0.1, 0.15) is 42.3 Å². The molecule has 5 nitrogen and oxygen atoms in total. The van der Waals surface area contributed by atoms with Crippen LogP contribution < -0.4 is 9.47 Å². The van der Waals surface area contributed by atoms with E-state index in [9.17, 15) is 4.39 Å². The second-order valence-electron chi connectivity index (χ2n) is 7.02. The fourth-order valence-electron chi connectivity index (χ4n) is 3.94. The molecule has 0 saturated carbocycles. The van der Waals surface area contributed by atoms with Crippen molar-refractivity contribution in [3.8, 4) is 11.5 Å². The SMILES string of the molecule is CCOc1cccc2c1OC(c1cccc(F)c1)N1N=C(c3cccnc3)CC21. The highest BCUT2D eigenvalue weighted by molar-refractivity contribution is 6.01. The van der Waals surface area contributed by atoms with Gasteiger partial charge in [-0.25, -0.2) is 9.40 Å². The van der Waals surface area contributed by atoms with Crippen molar-refractivity contribution in [1.29, 1.82) is 0 Å². The molecule has 0 radical (unpaired) electrons. The largest absolute Gasteiger partial charge is 0.490 e. The van der Waals surface area contributed by atoms with Crippen LogP contribution >= 0.6 is 0 Å². The summed E-state index contributed by atoms with van der Waals surface area (Å²) in [5.74, 6) is 1.09. The van der Waals surface area contributed by atoms with E-state index in [0.29, 0.717) is 30.1 Å². The van der Waals surface area contributed by atoms with E-state index in [1.165, 1.54) is 12.1 Å². The minimum Gasteiger partial charge on any atom is -0.490 e. The van der Waals surface area contributed by atoms with Crippen LogP contribution in [0, 0.1) is 5.82 Å². The van der Waals surface area contributed by atoms with Gasteiger partial charge in [-0.2, -0.15) is 5.10 Å². The van der Waals surface area contributed by atoms with E-state index >= 15 is 0 Å². The lowest BCUT2D eigenvalue weighted by molar-refractivity contribution is -0.0214. The molecular weight excluding hydrogens is 369 g/mol. The zero-order valence-corrected chi connectivity index (χ0v) is 16.0. The maximum absolute atomic E-state index is 14.0. The average molecular weight is 389 g/mol. The molecule has 2 atom stereocenters. The number of aromatic nitrogens is 1. The number of ether oxygens (including phenoxy) is 2. The van der Waals surface area contributed by atoms with Crippen LogP contribution in [0.5, 0.6) is 11.5 Å². The Hall–Kier alpha value is -3.41. The molecule has 2 aliphatic rings. The van der Waals surface area contributed by atoms with Crippen molar-refractivity contribution in [2.45, 2.75) is 25.6 Å². The number of rotatable bonds is 4. The molecule has 0 fully saturated rings. The first-order valence-electron chi connectivity index (χ1n) is 9.68. The molecule has 1 aromatic heterocycles. The molecule has 2 aromatic carbocycles. The van der Waals surface area contributed by atoms with E-state index in [1.807, 2.05) is 54.5 Å². The Morgan fingerprint density at radius 2 is 2.07 bits per heavy atom. The second kappa shape index (κ2) is 7.20. The van der Waals surface area contributed by atoms with Crippen molar-refractivity contribution in [2.24, 2.45) is 5.10 Å². The third kappa shape index (κ3) is 3.10. The first kappa shape index (κ1) is 17.7. The summed E-state index contributed by atoms with van der Waals surface area (Å²) in [6.45, 7) is 2.48.